The summed E-state index contributed by atoms with van der Waals surface area (Å²) in [7, 11) is 0. The van der Waals surface area contributed by atoms with Crippen LogP contribution in [0.25, 0.3) is 11.3 Å². The van der Waals surface area contributed by atoms with Gasteiger partial charge in [0.05, 0.1) is 11.4 Å². The number of carbonyl (C=O) groups is 1. The van der Waals surface area contributed by atoms with E-state index in [4.69, 9.17) is 4.42 Å². The van der Waals surface area contributed by atoms with E-state index in [2.05, 4.69) is 26.2 Å². The average molecular weight is 417 g/mol. The number of hydrogen-bond donors (Lipinski definition) is 1. The molecule has 6 heteroatoms. The number of hydrogen-bond acceptors (Lipinski definition) is 4. The van der Waals surface area contributed by atoms with Gasteiger partial charge >= 0.3 is 0 Å². The van der Waals surface area contributed by atoms with Gasteiger partial charge in [-0.1, -0.05) is 70.2 Å². The van der Waals surface area contributed by atoms with Crippen LogP contribution < -0.4 is 5.32 Å². The Labute approximate surface area is 159 Å². The maximum absolute atomic E-state index is 12.2. The Morgan fingerprint density at radius 1 is 1.24 bits per heavy atom. The van der Waals surface area contributed by atoms with Gasteiger partial charge in [0, 0.05) is 16.6 Å². The smallest absolute Gasteiger partial charge is 0.256 e. The van der Waals surface area contributed by atoms with Gasteiger partial charge in [-0.3, -0.25) is 4.79 Å². The summed E-state index contributed by atoms with van der Waals surface area (Å²) < 4.78 is 6.74. The molecule has 0 spiro atoms. The zero-order chi connectivity index (χ0) is 17.6. The average Bonchev–Trinajstić information content (AvgIpc) is 3.09. The number of oxazole rings is 1. The second-order valence-corrected chi connectivity index (χ2v) is 7.67. The number of rotatable bonds is 6. The first-order valence-electron chi connectivity index (χ1n) is 7.82. The third-order valence-electron chi connectivity index (χ3n) is 3.55. The van der Waals surface area contributed by atoms with Crippen LogP contribution in [-0.2, 0) is 11.3 Å². The van der Waals surface area contributed by atoms with Gasteiger partial charge in [-0.15, -0.1) is 0 Å². The van der Waals surface area contributed by atoms with Crippen molar-refractivity contribution in [1.29, 1.82) is 0 Å². The fourth-order valence-corrected chi connectivity index (χ4v) is 3.36. The molecule has 0 saturated carbocycles. The first kappa shape index (κ1) is 17.8. The number of aromatic nitrogens is 1. The standard InChI is InChI=1S/C19H17BrN2O2S/c1-13(18(23)21-11-14-6-3-2-4-7-14)25-19-22-12-17(24-19)15-8-5-9-16(20)10-15/h2-10,12-13H,11H2,1H3,(H,21,23)/t13-/m1/s1. The van der Waals surface area contributed by atoms with Crippen molar-refractivity contribution in [2.75, 3.05) is 0 Å². The monoisotopic (exact) mass is 416 g/mol. The molecule has 2 aromatic carbocycles. The summed E-state index contributed by atoms with van der Waals surface area (Å²) in [5, 5.41) is 3.12. The van der Waals surface area contributed by atoms with Gasteiger partial charge in [0.25, 0.3) is 5.22 Å². The highest BCUT2D eigenvalue weighted by Gasteiger charge is 2.17. The number of amides is 1. The lowest BCUT2D eigenvalue weighted by atomic mass is 10.2. The highest BCUT2D eigenvalue weighted by molar-refractivity contribution is 9.10. The lowest BCUT2D eigenvalue weighted by Crippen LogP contribution is -2.30. The second kappa shape index (κ2) is 8.36. The van der Waals surface area contributed by atoms with Crippen LogP contribution in [0.3, 0.4) is 0 Å². The Morgan fingerprint density at radius 3 is 2.80 bits per heavy atom. The molecule has 25 heavy (non-hydrogen) atoms. The molecule has 0 aliphatic carbocycles. The van der Waals surface area contributed by atoms with Crippen LogP contribution in [0.2, 0.25) is 0 Å². The summed E-state index contributed by atoms with van der Waals surface area (Å²) in [6, 6.07) is 17.6. The molecule has 0 fully saturated rings. The van der Waals surface area contributed by atoms with E-state index in [1.807, 2.05) is 61.5 Å². The number of nitrogens with one attached hydrogen (secondary N) is 1. The van der Waals surface area contributed by atoms with Gasteiger partial charge in [-0.05, 0) is 24.6 Å². The second-order valence-electron chi connectivity index (χ2n) is 5.46. The lowest BCUT2D eigenvalue weighted by molar-refractivity contribution is -0.120. The lowest BCUT2D eigenvalue weighted by Gasteiger charge is -2.10. The fraction of sp³-hybridized carbons (Fsp3) is 0.158. The van der Waals surface area contributed by atoms with Crippen molar-refractivity contribution >= 4 is 33.6 Å². The number of thioether (sulfide) groups is 1. The van der Waals surface area contributed by atoms with Crippen molar-refractivity contribution in [3.63, 3.8) is 0 Å². The molecule has 3 rings (SSSR count). The molecule has 0 unspecified atom stereocenters. The van der Waals surface area contributed by atoms with Crippen molar-refractivity contribution in [2.45, 2.75) is 23.9 Å². The zero-order valence-corrected chi connectivity index (χ0v) is 16.0. The number of carbonyl (C=O) groups excluding carboxylic acids is 1. The molecule has 1 N–H and O–H groups in total. The van der Waals surface area contributed by atoms with Crippen LogP contribution in [0.4, 0.5) is 0 Å². The predicted molar refractivity (Wildman–Crippen MR) is 103 cm³/mol. The minimum Gasteiger partial charge on any atom is -0.431 e. The molecule has 1 aromatic heterocycles. The molecule has 1 atom stereocenters. The van der Waals surface area contributed by atoms with Gasteiger partial charge in [0.15, 0.2) is 5.76 Å². The minimum absolute atomic E-state index is 0.0453. The van der Waals surface area contributed by atoms with Crippen LogP contribution in [-0.4, -0.2) is 16.1 Å². The molecule has 0 aliphatic heterocycles. The summed E-state index contributed by atoms with van der Waals surface area (Å²) in [6.07, 6.45) is 1.68. The van der Waals surface area contributed by atoms with Crippen LogP contribution in [0, 0.1) is 0 Å². The van der Waals surface area contributed by atoms with Crippen molar-refractivity contribution in [1.82, 2.24) is 10.3 Å². The Balaban J connectivity index is 1.57. The summed E-state index contributed by atoms with van der Waals surface area (Å²) in [4.78, 5) is 16.5. The molecular weight excluding hydrogens is 400 g/mol. The van der Waals surface area contributed by atoms with E-state index in [0.29, 0.717) is 17.5 Å². The third kappa shape index (κ3) is 4.96. The number of nitrogens with zero attached hydrogens (tertiary/aromatic N) is 1. The summed E-state index contributed by atoms with van der Waals surface area (Å²) in [5.41, 5.74) is 2.01. The first-order chi connectivity index (χ1) is 12.1. The SMILES string of the molecule is C[C@@H](Sc1ncc(-c2cccc(Br)c2)o1)C(=O)NCc1ccccc1. The summed E-state index contributed by atoms with van der Waals surface area (Å²) >= 11 is 4.75. The Kier molecular flexibility index (Phi) is 5.94. The quantitative estimate of drug-likeness (QED) is 0.580. The topological polar surface area (TPSA) is 55.1 Å². The van der Waals surface area contributed by atoms with Gasteiger partial charge in [-0.2, -0.15) is 0 Å². The van der Waals surface area contributed by atoms with E-state index in [9.17, 15) is 4.79 Å². The molecule has 0 radical (unpaired) electrons. The molecule has 4 nitrogen and oxygen atoms in total. The molecule has 1 heterocycles. The van der Waals surface area contributed by atoms with Gasteiger partial charge in [0.1, 0.15) is 0 Å². The maximum Gasteiger partial charge on any atom is 0.256 e. The number of benzene rings is 2. The van der Waals surface area contributed by atoms with Crippen molar-refractivity contribution < 1.29 is 9.21 Å². The summed E-state index contributed by atoms with van der Waals surface area (Å²) in [6.45, 7) is 2.35. The first-order valence-corrected chi connectivity index (χ1v) is 9.49. The molecule has 0 bridgehead atoms. The van der Waals surface area contributed by atoms with Crippen molar-refractivity contribution in [3.8, 4) is 11.3 Å². The van der Waals surface area contributed by atoms with Gasteiger partial charge < -0.3 is 9.73 Å². The molecular formula is C19H17BrN2O2S. The van der Waals surface area contributed by atoms with E-state index < -0.39 is 0 Å². The Bertz CT molecular complexity index is 851. The molecule has 128 valence electrons. The highest BCUT2D eigenvalue weighted by Crippen LogP contribution is 2.29. The Morgan fingerprint density at radius 2 is 2.04 bits per heavy atom. The highest BCUT2D eigenvalue weighted by atomic mass is 79.9. The molecule has 0 saturated heterocycles. The fourth-order valence-electron chi connectivity index (χ4n) is 2.22. The Hall–Kier alpha value is -2.05. The number of halogens is 1. The van der Waals surface area contributed by atoms with Crippen molar-refractivity contribution in [2.24, 2.45) is 0 Å². The van der Waals surface area contributed by atoms with Crippen LogP contribution in [0.15, 0.2) is 74.9 Å². The molecule has 3 aromatic rings. The third-order valence-corrected chi connectivity index (χ3v) is 5.00. The molecule has 0 aliphatic rings. The van der Waals surface area contributed by atoms with Crippen molar-refractivity contribution in [3.05, 3.63) is 70.8 Å². The van der Waals surface area contributed by atoms with Gasteiger partial charge in [-0.25, -0.2) is 4.98 Å². The van der Waals surface area contributed by atoms with E-state index in [1.165, 1.54) is 11.8 Å². The largest absolute Gasteiger partial charge is 0.431 e. The minimum atomic E-state index is -0.294. The van der Waals surface area contributed by atoms with Crippen LogP contribution in [0.1, 0.15) is 12.5 Å². The van der Waals surface area contributed by atoms with E-state index in [0.717, 1.165) is 15.6 Å². The van der Waals surface area contributed by atoms with E-state index in [1.54, 1.807) is 6.20 Å². The van der Waals surface area contributed by atoms with E-state index in [-0.39, 0.29) is 11.2 Å². The predicted octanol–water partition coefficient (Wildman–Crippen LogP) is 4.90. The normalized spacial score (nSPS) is 11.9. The zero-order valence-electron chi connectivity index (χ0n) is 13.6. The van der Waals surface area contributed by atoms with Gasteiger partial charge in [0.2, 0.25) is 5.91 Å². The van der Waals surface area contributed by atoms with E-state index >= 15 is 0 Å². The maximum atomic E-state index is 12.2. The van der Waals surface area contributed by atoms with Crippen LogP contribution >= 0.6 is 27.7 Å². The van der Waals surface area contributed by atoms with Crippen LogP contribution in [0.5, 0.6) is 0 Å². The molecule has 1 amide bonds. The summed E-state index contributed by atoms with van der Waals surface area (Å²) in [5.74, 6) is 0.636.